The number of allylic oxidation sites excluding steroid dienone is 2. The number of rotatable bonds is 12. The first kappa shape index (κ1) is 41.4. The minimum atomic E-state index is -1.63. The highest BCUT2D eigenvalue weighted by molar-refractivity contribution is 5.83. The van der Waals surface area contributed by atoms with E-state index >= 15 is 0 Å². The number of benzene rings is 1. The van der Waals surface area contributed by atoms with E-state index in [0.29, 0.717) is 18.5 Å². The maximum Gasteiger partial charge on any atom is 0.330 e. The molecule has 0 spiro atoms. The van der Waals surface area contributed by atoms with Crippen LogP contribution in [0.15, 0.2) is 66.8 Å². The van der Waals surface area contributed by atoms with E-state index in [1.165, 1.54) is 47.3 Å². The third kappa shape index (κ3) is 13.9. The van der Waals surface area contributed by atoms with E-state index in [1.54, 1.807) is 32.9 Å². The number of aldehydes is 1. The zero-order valence-electron chi connectivity index (χ0n) is 27.9. The van der Waals surface area contributed by atoms with Gasteiger partial charge in [-0.3, -0.25) is 14.4 Å². The van der Waals surface area contributed by atoms with E-state index in [0.717, 1.165) is 5.56 Å². The molecule has 1 saturated heterocycles. The quantitative estimate of drug-likeness (QED) is 0.113. The summed E-state index contributed by atoms with van der Waals surface area (Å²) in [5.74, 6) is -3.12. The fraction of sp³-hybridized carbons (Fsp3) is 0.529. The van der Waals surface area contributed by atoms with Gasteiger partial charge in [0.25, 0.3) is 0 Å². The van der Waals surface area contributed by atoms with Gasteiger partial charge in [-0.2, -0.15) is 0 Å². The SMILES string of the molecule is C=CC.COC(=O)/C=C1\C[C@@H](C[C@@H](O)[C@@H](C)OCc2ccccc2)O[C@@](OC)(C(C)(C)/C=C/C=O)[C@H]1OC(C)=O.COC(C)=O. The van der Waals surface area contributed by atoms with Crippen LogP contribution >= 0.6 is 0 Å². The molecule has 1 N–H and O–H groups in total. The number of carbonyl (C=O) groups excluding carboxylic acids is 4. The van der Waals surface area contributed by atoms with Crippen molar-refractivity contribution in [1.29, 1.82) is 0 Å². The molecule has 0 saturated carbocycles. The number of carbonyl (C=O) groups is 4. The van der Waals surface area contributed by atoms with Crippen LogP contribution in [0.25, 0.3) is 0 Å². The Bertz CT molecular complexity index is 1130. The Morgan fingerprint density at radius 1 is 1.11 bits per heavy atom. The molecule has 0 radical (unpaired) electrons. The van der Waals surface area contributed by atoms with Crippen molar-refractivity contribution >= 4 is 24.2 Å². The van der Waals surface area contributed by atoms with E-state index in [2.05, 4.69) is 11.3 Å². The van der Waals surface area contributed by atoms with Crippen LogP contribution in [0.1, 0.15) is 59.9 Å². The molecule has 0 bridgehead atoms. The molecule has 1 aliphatic rings. The molecule has 1 aliphatic heterocycles. The summed E-state index contributed by atoms with van der Waals surface area (Å²) in [6, 6.07) is 9.61. The van der Waals surface area contributed by atoms with Crippen molar-refractivity contribution in [1.82, 2.24) is 0 Å². The molecule has 45 heavy (non-hydrogen) atoms. The average Bonchev–Trinajstić information content (AvgIpc) is 3.00. The first-order valence-electron chi connectivity index (χ1n) is 14.4. The van der Waals surface area contributed by atoms with Crippen LogP contribution in [0, 0.1) is 5.41 Å². The summed E-state index contributed by atoms with van der Waals surface area (Å²) in [6.45, 7) is 13.5. The molecule has 5 atom stereocenters. The smallest absolute Gasteiger partial charge is 0.330 e. The van der Waals surface area contributed by atoms with Crippen LogP contribution in [0.4, 0.5) is 0 Å². The number of hydrogen-bond donors (Lipinski definition) is 1. The van der Waals surface area contributed by atoms with E-state index in [-0.39, 0.29) is 18.8 Å². The third-order valence-corrected chi connectivity index (χ3v) is 6.76. The highest BCUT2D eigenvalue weighted by Gasteiger charge is 2.59. The Labute approximate surface area is 267 Å². The minimum absolute atomic E-state index is 0.139. The van der Waals surface area contributed by atoms with Crippen molar-refractivity contribution in [3.63, 3.8) is 0 Å². The standard InChI is InChI=1S/C28H38O9.C3H6O2.C3H6/c1-19(35-18-21-11-8-7-9-12-21)24(31)17-23-15-22(16-25(32)33-5)26(36-20(2)30)28(34-6,37-23)27(3,4)13-10-14-29;1-3(4)5-2;1-3-2/h7-14,16,19,23-24,26,31H,15,17-18H2,1-6H3;1-2H3;3H,1H2,2H3/b13-10+,22-16+;;/t19-,23+,24-,26+,28-;;/m1../s1. The highest BCUT2D eigenvalue weighted by atomic mass is 16.7. The molecule has 1 aromatic rings. The Balaban J connectivity index is 0.00000215. The molecule has 1 aromatic carbocycles. The normalized spacial score (nSPS) is 21.6. The second-order valence-corrected chi connectivity index (χ2v) is 10.7. The lowest BCUT2D eigenvalue weighted by molar-refractivity contribution is -0.338. The molecule has 1 heterocycles. The molecule has 1 fully saturated rings. The predicted octanol–water partition coefficient (Wildman–Crippen LogP) is 4.66. The first-order chi connectivity index (χ1) is 21.2. The average molecular weight is 635 g/mol. The number of hydrogen-bond acceptors (Lipinski definition) is 11. The Morgan fingerprint density at radius 2 is 1.69 bits per heavy atom. The van der Waals surface area contributed by atoms with Crippen molar-refractivity contribution in [3.8, 4) is 0 Å². The fourth-order valence-corrected chi connectivity index (χ4v) is 4.44. The van der Waals surface area contributed by atoms with Gasteiger partial charge in [0.15, 0.2) is 6.10 Å². The molecule has 0 aromatic heterocycles. The molecule has 252 valence electrons. The summed E-state index contributed by atoms with van der Waals surface area (Å²) < 4.78 is 32.8. The summed E-state index contributed by atoms with van der Waals surface area (Å²) in [5.41, 5.74) is 0.361. The van der Waals surface area contributed by atoms with Crippen molar-refractivity contribution in [2.24, 2.45) is 5.41 Å². The maximum absolute atomic E-state index is 12.2. The second kappa shape index (κ2) is 21.2. The van der Waals surface area contributed by atoms with Gasteiger partial charge in [0.1, 0.15) is 6.29 Å². The summed E-state index contributed by atoms with van der Waals surface area (Å²) in [7, 11) is 3.99. The van der Waals surface area contributed by atoms with E-state index in [4.69, 9.17) is 23.7 Å². The van der Waals surface area contributed by atoms with E-state index in [9.17, 15) is 24.3 Å². The molecule has 0 aliphatic carbocycles. The van der Waals surface area contributed by atoms with Gasteiger partial charge in [-0.15, -0.1) is 6.58 Å². The monoisotopic (exact) mass is 634 g/mol. The number of ether oxygens (including phenoxy) is 6. The third-order valence-electron chi connectivity index (χ3n) is 6.76. The lowest BCUT2D eigenvalue weighted by atomic mass is 9.74. The van der Waals surface area contributed by atoms with E-state index in [1.807, 2.05) is 37.3 Å². The Morgan fingerprint density at radius 3 is 2.16 bits per heavy atom. The topological polar surface area (TPSA) is 144 Å². The number of methoxy groups -OCH3 is 3. The van der Waals surface area contributed by atoms with Gasteiger partial charge in [0.05, 0.1) is 39.1 Å². The lowest BCUT2D eigenvalue weighted by Gasteiger charge is -2.53. The number of aliphatic hydroxyl groups excluding tert-OH is 1. The number of esters is 3. The zero-order valence-corrected chi connectivity index (χ0v) is 27.9. The van der Waals surface area contributed by atoms with Gasteiger partial charge in [0, 0.05) is 38.9 Å². The van der Waals surface area contributed by atoms with Gasteiger partial charge >= 0.3 is 17.9 Å². The minimum Gasteiger partial charge on any atom is -0.469 e. The first-order valence-corrected chi connectivity index (χ1v) is 14.4. The second-order valence-electron chi connectivity index (χ2n) is 10.7. The van der Waals surface area contributed by atoms with Crippen LogP contribution < -0.4 is 0 Å². The van der Waals surface area contributed by atoms with Crippen molar-refractivity contribution in [3.05, 3.63) is 72.4 Å². The van der Waals surface area contributed by atoms with Crippen LogP contribution in [0.5, 0.6) is 0 Å². The molecule has 11 heteroatoms. The molecular weight excluding hydrogens is 584 g/mol. The van der Waals surface area contributed by atoms with Gasteiger partial charge in [0.2, 0.25) is 5.79 Å². The van der Waals surface area contributed by atoms with Gasteiger partial charge in [-0.1, -0.05) is 56.3 Å². The van der Waals surface area contributed by atoms with Crippen LogP contribution in [-0.4, -0.2) is 80.8 Å². The van der Waals surface area contributed by atoms with Crippen molar-refractivity contribution < 1.29 is 52.7 Å². The maximum atomic E-state index is 12.2. The summed E-state index contributed by atoms with van der Waals surface area (Å²) >= 11 is 0. The van der Waals surface area contributed by atoms with Crippen molar-refractivity contribution in [2.45, 2.75) is 91.2 Å². The van der Waals surface area contributed by atoms with Gasteiger partial charge < -0.3 is 33.5 Å². The van der Waals surface area contributed by atoms with Crippen LogP contribution in [-0.2, 0) is 54.2 Å². The number of aliphatic hydroxyl groups is 1. The molecular formula is C34H50O11. The van der Waals surface area contributed by atoms with Gasteiger partial charge in [-0.05, 0) is 37.5 Å². The Hall–Kier alpha value is -3.64. The lowest BCUT2D eigenvalue weighted by Crippen LogP contribution is -2.63. The zero-order chi connectivity index (χ0) is 34.6. The fourth-order valence-electron chi connectivity index (χ4n) is 4.44. The predicted molar refractivity (Wildman–Crippen MR) is 169 cm³/mol. The summed E-state index contributed by atoms with van der Waals surface area (Å²) in [6.07, 6.45) is 3.59. The van der Waals surface area contributed by atoms with Gasteiger partial charge in [-0.25, -0.2) is 4.79 Å². The van der Waals surface area contributed by atoms with Crippen LogP contribution in [0.2, 0.25) is 0 Å². The molecule has 0 amide bonds. The van der Waals surface area contributed by atoms with Crippen molar-refractivity contribution in [2.75, 3.05) is 21.3 Å². The molecule has 2 rings (SSSR count). The highest BCUT2D eigenvalue weighted by Crippen LogP contribution is 2.48. The largest absolute Gasteiger partial charge is 0.469 e. The summed E-state index contributed by atoms with van der Waals surface area (Å²) in [4.78, 5) is 45.0. The summed E-state index contributed by atoms with van der Waals surface area (Å²) in [5, 5.41) is 11.0. The Kier molecular flexibility index (Phi) is 19.4. The van der Waals surface area contributed by atoms with Crippen LogP contribution in [0.3, 0.4) is 0 Å². The molecule has 11 nitrogen and oxygen atoms in total. The van der Waals surface area contributed by atoms with E-state index < -0.39 is 47.6 Å². The molecule has 0 unspecified atom stereocenters.